The summed E-state index contributed by atoms with van der Waals surface area (Å²) in [4.78, 5) is 16.0. The number of carbonyl (C=O) groups excluding carboxylic acids is 1. The zero-order valence-electron chi connectivity index (χ0n) is 10.7. The molecule has 0 saturated carbocycles. The van der Waals surface area contributed by atoms with E-state index >= 15 is 0 Å². The number of nitrogens with one attached hydrogen (secondary N) is 1. The molecule has 3 aromatic rings. The van der Waals surface area contributed by atoms with E-state index in [2.05, 4.69) is 20.5 Å². The van der Waals surface area contributed by atoms with Crippen LogP contribution in [0.5, 0.6) is 0 Å². The Morgan fingerprint density at radius 2 is 2.14 bits per heavy atom. The van der Waals surface area contributed by atoms with E-state index < -0.39 is 0 Å². The fourth-order valence-electron chi connectivity index (χ4n) is 1.78. The monoisotopic (exact) mass is 300 g/mol. The van der Waals surface area contributed by atoms with E-state index in [1.165, 1.54) is 12.6 Å². The van der Waals surface area contributed by atoms with Crippen LogP contribution >= 0.6 is 11.6 Å². The van der Waals surface area contributed by atoms with Gasteiger partial charge in [0.25, 0.3) is 5.91 Å². The predicted octanol–water partition coefficient (Wildman–Crippen LogP) is 3.04. The largest absolute Gasteiger partial charge is 0.423 e. The minimum absolute atomic E-state index is 0.156. The average Bonchev–Trinajstić information content (AvgIpc) is 3.02. The van der Waals surface area contributed by atoms with Gasteiger partial charge < -0.3 is 9.73 Å². The van der Waals surface area contributed by atoms with Gasteiger partial charge in [-0.2, -0.15) is 0 Å². The molecule has 2 aromatic heterocycles. The molecule has 1 aromatic carbocycles. The number of rotatable bonds is 3. The highest BCUT2D eigenvalue weighted by Gasteiger charge is 2.11. The van der Waals surface area contributed by atoms with Gasteiger partial charge in [-0.05, 0) is 30.3 Å². The number of halogens is 1. The molecule has 0 aliphatic heterocycles. The third kappa shape index (κ3) is 2.90. The Balaban J connectivity index is 1.84. The molecule has 2 heterocycles. The van der Waals surface area contributed by atoms with E-state index in [0.29, 0.717) is 22.7 Å². The molecule has 1 amide bonds. The summed E-state index contributed by atoms with van der Waals surface area (Å²) in [7, 11) is 0. The van der Waals surface area contributed by atoms with Gasteiger partial charge in [-0.3, -0.25) is 4.79 Å². The first-order chi connectivity index (χ1) is 10.2. The van der Waals surface area contributed by atoms with E-state index in [4.69, 9.17) is 16.0 Å². The SMILES string of the molecule is O=C(Nc1cccc(-c2nnco2)c1)c1cccnc1Cl. The summed E-state index contributed by atoms with van der Waals surface area (Å²) in [5.41, 5.74) is 1.61. The first-order valence-corrected chi connectivity index (χ1v) is 6.40. The molecule has 0 unspecified atom stereocenters. The number of benzene rings is 1. The fraction of sp³-hybridized carbons (Fsp3) is 0. The van der Waals surface area contributed by atoms with Crippen molar-refractivity contribution in [2.24, 2.45) is 0 Å². The summed E-state index contributed by atoms with van der Waals surface area (Å²) >= 11 is 5.89. The van der Waals surface area contributed by atoms with Gasteiger partial charge in [-0.25, -0.2) is 4.98 Å². The van der Waals surface area contributed by atoms with Gasteiger partial charge in [0.2, 0.25) is 12.3 Å². The van der Waals surface area contributed by atoms with Gasteiger partial charge in [-0.1, -0.05) is 17.7 Å². The van der Waals surface area contributed by atoms with E-state index in [-0.39, 0.29) is 11.1 Å². The topological polar surface area (TPSA) is 80.9 Å². The zero-order chi connectivity index (χ0) is 14.7. The molecule has 0 aliphatic rings. The average molecular weight is 301 g/mol. The zero-order valence-corrected chi connectivity index (χ0v) is 11.4. The summed E-state index contributed by atoms with van der Waals surface area (Å²) in [5.74, 6) is 0.0429. The second kappa shape index (κ2) is 5.72. The van der Waals surface area contributed by atoms with Gasteiger partial charge in [0.05, 0.1) is 5.56 Å². The van der Waals surface area contributed by atoms with E-state index in [1.807, 2.05) is 0 Å². The van der Waals surface area contributed by atoms with Crippen LogP contribution in [0.15, 0.2) is 53.4 Å². The maximum atomic E-state index is 12.1. The van der Waals surface area contributed by atoms with Gasteiger partial charge in [-0.15, -0.1) is 10.2 Å². The van der Waals surface area contributed by atoms with Crippen molar-refractivity contribution in [1.82, 2.24) is 15.2 Å². The van der Waals surface area contributed by atoms with Crippen LogP contribution in [-0.2, 0) is 0 Å². The third-order valence-corrected chi connectivity index (χ3v) is 3.03. The first kappa shape index (κ1) is 13.3. The van der Waals surface area contributed by atoms with Crippen LogP contribution in [0.2, 0.25) is 5.15 Å². The second-order valence-electron chi connectivity index (χ2n) is 4.12. The lowest BCUT2D eigenvalue weighted by atomic mass is 10.2. The highest BCUT2D eigenvalue weighted by molar-refractivity contribution is 6.33. The highest BCUT2D eigenvalue weighted by Crippen LogP contribution is 2.21. The molecule has 1 N–H and O–H groups in total. The van der Waals surface area contributed by atoms with Crippen molar-refractivity contribution in [1.29, 1.82) is 0 Å². The van der Waals surface area contributed by atoms with Crippen LogP contribution in [-0.4, -0.2) is 21.1 Å². The second-order valence-corrected chi connectivity index (χ2v) is 4.48. The quantitative estimate of drug-likeness (QED) is 0.752. The van der Waals surface area contributed by atoms with Crippen molar-refractivity contribution in [3.63, 3.8) is 0 Å². The number of pyridine rings is 1. The Morgan fingerprint density at radius 1 is 1.24 bits per heavy atom. The molecule has 0 atom stereocenters. The number of anilines is 1. The van der Waals surface area contributed by atoms with Crippen molar-refractivity contribution >= 4 is 23.2 Å². The lowest BCUT2D eigenvalue weighted by Gasteiger charge is -2.06. The van der Waals surface area contributed by atoms with E-state index in [0.717, 1.165) is 0 Å². The fourth-order valence-corrected chi connectivity index (χ4v) is 1.99. The molecule has 104 valence electrons. The van der Waals surface area contributed by atoms with Crippen molar-refractivity contribution < 1.29 is 9.21 Å². The molecular weight excluding hydrogens is 292 g/mol. The summed E-state index contributed by atoms with van der Waals surface area (Å²) in [6, 6.07) is 10.3. The Hall–Kier alpha value is -2.73. The Kier molecular flexibility index (Phi) is 3.61. The van der Waals surface area contributed by atoms with Gasteiger partial charge in [0, 0.05) is 17.4 Å². The van der Waals surface area contributed by atoms with Crippen molar-refractivity contribution in [2.75, 3.05) is 5.32 Å². The van der Waals surface area contributed by atoms with Crippen LogP contribution in [0.25, 0.3) is 11.5 Å². The van der Waals surface area contributed by atoms with Gasteiger partial charge in [0.1, 0.15) is 5.15 Å². The number of hydrogen-bond acceptors (Lipinski definition) is 5. The predicted molar refractivity (Wildman–Crippen MR) is 76.9 cm³/mol. The number of nitrogens with zero attached hydrogens (tertiary/aromatic N) is 3. The van der Waals surface area contributed by atoms with Crippen LogP contribution in [0.4, 0.5) is 5.69 Å². The summed E-state index contributed by atoms with van der Waals surface area (Å²) in [6.07, 6.45) is 2.77. The molecule has 7 heteroatoms. The van der Waals surface area contributed by atoms with Crippen LogP contribution < -0.4 is 5.32 Å². The summed E-state index contributed by atoms with van der Waals surface area (Å²) in [6.45, 7) is 0. The minimum Gasteiger partial charge on any atom is -0.423 e. The first-order valence-electron chi connectivity index (χ1n) is 6.02. The number of aromatic nitrogens is 3. The van der Waals surface area contributed by atoms with Gasteiger partial charge in [0.15, 0.2) is 0 Å². The number of hydrogen-bond donors (Lipinski definition) is 1. The normalized spacial score (nSPS) is 10.3. The maximum absolute atomic E-state index is 12.1. The van der Waals surface area contributed by atoms with Gasteiger partial charge >= 0.3 is 0 Å². The molecule has 0 aliphatic carbocycles. The third-order valence-electron chi connectivity index (χ3n) is 2.73. The Bertz CT molecular complexity index is 774. The van der Waals surface area contributed by atoms with Crippen LogP contribution in [0.1, 0.15) is 10.4 Å². The maximum Gasteiger partial charge on any atom is 0.258 e. The lowest BCUT2D eigenvalue weighted by Crippen LogP contribution is -2.12. The lowest BCUT2D eigenvalue weighted by molar-refractivity contribution is 0.102. The van der Waals surface area contributed by atoms with E-state index in [1.54, 1.807) is 36.4 Å². The molecule has 0 saturated heterocycles. The summed E-state index contributed by atoms with van der Waals surface area (Å²) < 4.78 is 5.12. The van der Waals surface area contributed by atoms with Crippen LogP contribution in [0, 0.1) is 0 Å². The molecule has 6 nitrogen and oxygen atoms in total. The van der Waals surface area contributed by atoms with E-state index in [9.17, 15) is 4.79 Å². The molecule has 0 spiro atoms. The van der Waals surface area contributed by atoms with Crippen molar-refractivity contribution in [3.8, 4) is 11.5 Å². The number of amides is 1. The smallest absolute Gasteiger partial charge is 0.258 e. The Morgan fingerprint density at radius 3 is 2.90 bits per heavy atom. The van der Waals surface area contributed by atoms with Crippen molar-refractivity contribution in [2.45, 2.75) is 0 Å². The molecule has 0 fully saturated rings. The molecule has 0 radical (unpaired) electrons. The number of carbonyl (C=O) groups is 1. The molecule has 0 bridgehead atoms. The summed E-state index contributed by atoms with van der Waals surface area (Å²) in [5, 5.41) is 10.3. The highest BCUT2D eigenvalue weighted by atomic mass is 35.5. The standard InChI is InChI=1S/C14H9ClN4O2/c15-12-11(5-2-6-16-12)13(20)18-10-4-1-3-9(7-10)14-19-17-8-21-14/h1-8H,(H,18,20). The minimum atomic E-state index is -0.337. The molecular formula is C14H9ClN4O2. The van der Waals surface area contributed by atoms with Crippen LogP contribution in [0.3, 0.4) is 0 Å². The Labute approximate surface area is 124 Å². The molecule has 21 heavy (non-hydrogen) atoms. The molecule has 3 rings (SSSR count). The van der Waals surface area contributed by atoms with Crippen molar-refractivity contribution in [3.05, 3.63) is 59.7 Å².